The van der Waals surface area contributed by atoms with Gasteiger partial charge < -0.3 is 33.2 Å². The van der Waals surface area contributed by atoms with Crippen LogP contribution in [0.3, 0.4) is 0 Å². The van der Waals surface area contributed by atoms with Gasteiger partial charge in [-0.3, -0.25) is 4.98 Å². The lowest BCUT2D eigenvalue weighted by atomic mass is 9.42. The van der Waals surface area contributed by atoms with E-state index < -0.39 is 52.4 Å². The second kappa shape index (κ2) is 12.1. The molecule has 8 rings (SSSR count). The van der Waals surface area contributed by atoms with Crippen molar-refractivity contribution in [1.29, 1.82) is 0 Å². The van der Waals surface area contributed by atoms with Crippen molar-refractivity contribution < 1.29 is 38.0 Å². The van der Waals surface area contributed by atoms with Crippen LogP contribution in [0.5, 0.6) is 11.5 Å². The molecule has 260 valence electrons. The number of fused-ring (bicyclic) bond motifs is 6. The predicted octanol–water partition coefficient (Wildman–Crippen LogP) is 6.68. The molecule has 1 N–H and O–H groups in total. The van der Waals surface area contributed by atoms with Crippen molar-refractivity contribution in [3.8, 4) is 22.8 Å². The highest BCUT2D eigenvalue weighted by molar-refractivity contribution is 5.89. The van der Waals surface area contributed by atoms with Gasteiger partial charge in [-0.1, -0.05) is 44.2 Å². The molecule has 4 unspecified atom stereocenters. The molecule has 0 spiro atoms. The van der Waals surface area contributed by atoms with Crippen LogP contribution in [0.1, 0.15) is 73.9 Å². The van der Waals surface area contributed by atoms with E-state index in [1.165, 1.54) is 0 Å². The van der Waals surface area contributed by atoms with Gasteiger partial charge in [0.05, 0.1) is 31.5 Å². The summed E-state index contributed by atoms with van der Waals surface area (Å²) in [5, 5.41) is 12.4. The zero-order valence-electron chi connectivity index (χ0n) is 28.5. The molecule has 0 bridgehead atoms. The number of ether oxygens (including phenoxy) is 5. The standard InChI is InChI=1S/C40H41NO9/c1-38-17-16-30-39(2,22-46-37(49-30)24-9-6-5-7-10-24)29(38)20-31(48-35(43)23-12-14-26(45-4)15-13-23)40(3)34(38)33(42)32-28(50-40)19-27(47-36(32)44)25-11-8-18-41-21-25/h5-15,18-19,21,29-31,33-34,37,42H,16-17,20,22H2,1-4H3/t29?,30-,31-,33-,34?,37?,38-,39?,40+/m0/s1. The molecular formula is C40H41NO9. The molecule has 2 saturated carbocycles. The minimum atomic E-state index is -1.26. The Morgan fingerprint density at radius 3 is 2.50 bits per heavy atom. The number of hydrogen-bond donors (Lipinski definition) is 1. The zero-order valence-corrected chi connectivity index (χ0v) is 28.5. The van der Waals surface area contributed by atoms with Gasteiger partial charge in [-0.25, -0.2) is 9.59 Å². The molecule has 10 nitrogen and oxygen atoms in total. The van der Waals surface area contributed by atoms with E-state index >= 15 is 0 Å². The van der Waals surface area contributed by atoms with Crippen LogP contribution in [0.2, 0.25) is 0 Å². The summed E-state index contributed by atoms with van der Waals surface area (Å²) < 4.78 is 37.5. The summed E-state index contributed by atoms with van der Waals surface area (Å²) in [6.45, 7) is 6.63. The molecule has 4 heterocycles. The third-order valence-corrected chi connectivity index (χ3v) is 12.0. The monoisotopic (exact) mass is 679 g/mol. The maximum absolute atomic E-state index is 13.8. The number of aliphatic hydroxyl groups excluding tert-OH is 1. The largest absolute Gasteiger partial charge is 0.497 e. The van der Waals surface area contributed by atoms with E-state index in [2.05, 4.69) is 18.8 Å². The summed E-state index contributed by atoms with van der Waals surface area (Å²) in [6.07, 6.45) is 2.34. The number of rotatable bonds is 5. The molecule has 2 aliphatic carbocycles. The Morgan fingerprint density at radius 1 is 1.00 bits per heavy atom. The van der Waals surface area contributed by atoms with Gasteiger partial charge in [-0.15, -0.1) is 0 Å². The van der Waals surface area contributed by atoms with E-state index in [-0.39, 0.29) is 29.1 Å². The van der Waals surface area contributed by atoms with E-state index in [0.717, 1.165) is 5.56 Å². The lowest BCUT2D eigenvalue weighted by molar-refractivity contribution is -0.330. The second-order valence-corrected chi connectivity index (χ2v) is 14.8. The molecule has 1 saturated heterocycles. The van der Waals surface area contributed by atoms with Crippen LogP contribution in [-0.2, 0) is 14.2 Å². The normalized spacial score (nSPS) is 34.2. The number of carbonyl (C=O) groups excluding carboxylic acids is 1. The van der Waals surface area contributed by atoms with Gasteiger partial charge >= 0.3 is 11.6 Å². The molecule has 50 heavy (non-hydrogen) atoms. The van der Waals surface area contributed by atoms with Crippen molar-refractivity contribution in [2.45, 2.75) is 70.2 Å². The number of methoxy groups -OCH3 is 1. The number of hydrogen-bond acceptors (Lipinski definition) is 10. The molecule has 4 aliphatic rings. The molecule has 2 aromatic carbocycles. The van der Waals surface area contributed by atoms with Gasteiger partial charge in [-0.2, -0.15) is 0 Å². The van der Waals surface area contributed by atoms with Gasteiger partial charge in [0.2, 0.25) is 0 Å². The van der Waals surface area contributed by atoms with Crippen LogP contribution in [0.15, 0.2) is 94.4 Å². The average Bonchev–Trinajstić information content (AvgIpc) is 3.12. The minimum Gasteiger partial charge on any atom is -0.497 e. The topological polar surface area (TPSA) is 127 Å². The second-order valence-electron chi connectivity index (χ2n) is 14.8. The first kappa shape index (κ1) is 32.7. The maximum Gasteiger partial charge on any atom is 0.345 e. The number of pyridine rings is 1. The quantitative estimate of drug-likeness (QED) is 0.228. The number of aliphatic hydroxyl groups is 1. The summed E-state index contributed by atoms with van der Waals surface area (Å²) in [7, 11) is 1.57. The molecule has 4 aromatic rings. The van der Waals surface area contributed by atoms with Gasteiger partial charge in [-0.05, 0) is 73.9 Å². The highest BCUT2D eigenvalue weighted by atomic mass is 16.7. The molecule has 0 radical (unpaired) electrons. The van der Waals surface area contributed by atoms with Gasteiger partial charge in [0.15, 0.2) is 6.29 Å². The third-order valence-electron chi connectivity index (χ3n) is 12.0. The molecule has 2 aromatic heterocycles. The summed E-state index contributed by atoms with van der Waals surface area (Å²) in [6, 6.07) is 21.8. The van der Waals surface area contributed by atoms with Gasteiger partial charge in [0.25, 0.3) is 0 Å². The fraction of sp³-hybridized carbons (Fsp3) is 0.425. The van der Waals surface area contributed by atoms with Crippen LogP contribution in [0.4, 0.5) is 0 Å². The number of carbonyl (C=O) groups is 1. The highest BCUT2D eigenvalue weighted by Gasteiger charge is 2.71. The molecule has 10 heteroatoms. The maximum atomic E-state index is 13.8. The molecular weight excluding hydrogens is 638 g/mol. The highest BCUT2D eigenvalue weighted by Crippen LogP contribution is 2.68. The number of aromatic nitrogens is 1. The van der Waals surface area contributed by atoms with Crippen LogP contribution < -0.4 is 15.1 Å². The van der Waals surface area contributed by atoms with E-state index in [0.29, 0.717) is 42.7 Å². The Morgan fingerprint density at radius 2 is 1.78 bits per heavy atom. The summed E-state index contributed by atoms with van der Waals surface area (Å²) in [5.74, 6) is -0.223. The SMILES string of the molecule is COc1ccc(C(=O)O[C@H]2CC3C4(C)COC(c5ccccc5)O[C@H]4CC[C@]3(C)C3[C@@H](O)c4c(cc(-c5cccnc5)oc4=O)O[C@@]32C)cc1. The van der Waals surface area contributed by atoms with Gasteiger partial charge in [0.1, 0.15) is 34.5 Å². The van der Waals surface area contributed by atoms with Gasteiger partial charge in [0, 0.05) is 40.9 Å². The van der Waals surface area contributed by atoms with Crippen LogP contribution >= 0.6 is 0 Å². The molecule has 9 atom stereocenters. The Kier molecular flexibility index (Phi) is 7.89. The Labute approximate surface area is 290 Å². The third kappa shape index (κ3) is 5.07. The summed E-state index contributed by atoms with van der Waals surface area (Å²) >= 11 is 0. The van der Waals surface area contributed by atoms with E-state index in [1.54, 1.807) is 62.0 Å². The van der Waals surface area contributed by atoms with Crippen molar-refractivity contribution in [3.05, 3.63) is 112 Å². The predicted molar refractivity (Wildman–Crippen MR) is 181 cm³/mol. The minimum absolute atomic E-state index is 0.0646. The first-order valence-electron chi connectivity index (χ1n) is 17.2. The summed E-state index contributed by atoms with van der Waals surface area (Å²) in [5.41, 5.74) is -0.994. The van der Waals surface area contributed by atoms with Crippen LogP contribution in [0, 0.1) is 22.7 Å². The Hall–Kier alpha value is -4.51. The van der Waals surface area contributed by atoms with Crippen molar-refractivity contribution in [2.75, 3.05) is 13.7 Å². The van der Waals surface area contributed by atoms with E-state index in [1.807, 2.05) is 37.3 Å². The van der Waals surface area contributed by atoms with Crippen molar-refractivity contribution >= 4 is 5.97 Å². The summed E-state index contributed by atoms with van der Waals surface area (Å²) in [4.78, 5) is 31.7. The van der Waals surface area contributed by atoms with E-state index in [9.17, 15) is 14.7 Å². The number of nitrogens with zero attached hydrogens (tertiary/aromatic N) is 1. The fourth-order valence-electron chi connectivity index (χ4n) is 9.56. The lowest BCUT2D eigenvalue weighted by Gasteiger charge is -2.67. The Balaban J connectivity index is 1.21. The van der Waals surface area contributed by atoms with E-state index in [4.69, 9.17) is 28.1 Å². The van der Waals surface area contributed by atoms with Crippen molar-refractivity contribution in [3.63, 3.8) is 0 Å². The zero-order chi connectivity index (χ0) is 34.8. The average molecular weight is 680 g/mol. The number of esters is 1. The Bertz CT molecular complexity index is 1950. The fourth-order valence-corrected chi connectivity index (χ4v) is 9.56. The molecule has 0 amide bonds. The van der Waals surface area contributed by atoms with Crippen LogP contribution in [0.25, 0.3) is 11.3 Å². The first-order valence-corrected chi connectivity index (χ1v) is 17.2. The number of benzene rings is 2. The molecule has 3 fully saturated rings. The lowest BCUT2D eigenvalue weighted by Crippen LogP contribution is -2.71. The van der Waals surface area contributed by atoms with Crippen molar-refractivity contribution in [2.24, 2.45) is 22.7 Å². The first-order chi connectivity index (χ1) is 24.0. The molecule has 2 aliphatic heterocycles. The smallest absolute Gasteiger partial charge is 0.345 e. The van der Waals surface area contributed by atoms with Crippen LogP contribution in [-0.4, -0.2) is 47.6 Å². The van der Waals surface area contributed by atoms with Crippen molar-refractivity contribution in [1.82, 2.24) is 4.98 Å².